The van der Waals surface area contributed by atoms with Gasteiger partial charge < -0.3 is 19.4 Å². The summed E-state index contributed by atoms with van der Waals surface area (Å²) in [5.74, 6) is 3.16. The predicted molar refractivity (Wildman–Crippen MR) is 109 cm³/mol. The van der Waals surface area contributed by atoms with Gasteiger partial charge in [-0.3, -0.25) is 4.99 Å². The van der Waals surface area contributed by atoms with E-state index in [0.717, 1.165) is 67.2 Å². The van der Waals surface area contributed by atoms with Crippen LogP contribution in [0.1, 0.15) is 43.0 Å². The van der Waals surface area contributed by atoms with E-state index in [2.05, 4.69) is 30.0 Å². The molecule has 0 saturated heterocycles. The standard InChI is InChI=1S/C19H30ClN7/c1-21-19(26(3)14-16-12-15(20)13-25(16)2)22-10-7-9-18-24-23-17-8-5-4-6-11-27(17)18/h12-13H,4-11,14H2,1-3H3,(H,21,22). The third-order valence-corrected chi connectivity index (χ3v) is 5.30. The summed E-state index contributed by atoms with van der Waals surface area (Å²) in [6.07, 6.45) is 8.67. The highest BCUT2D eigenvalue weighted by Crippen LogP contribution is 2.16. The Morgan fingerprint density at radius 1 is 1.33 bits per heavy atom. The molecule has 27 heavy (non-hydrogen) atoms. The summed E-state index contributed by atoms with van der Waals surface area (Å²) < 4.78 is 4.37. The number of guanidine groups is 1. The highest BCUT2D eigenvalue weighted by molar-refractivity contribution is 6.30. The lowest BCUT2D eigenvalue weighted by atomic mass is 10.2. The first-order valence-corrected chi connectivity index (χ1v) is 10.1. The van der Waals surface area contributed by atoms with E-state index < -0.39 is 0 Å². The topological polar surface area (TPSA) is 63.3 Å². The van der Waals surface area contributed by atoms with Crippen molar-refractivity contribution in [1.29, 1.82) is 0 Å². The Bertz CT molecular complexity index is 777. The van der Waals surface area contributed by atoms with Crippen LogP contribution in [0.4, 0.5) is 0 Å². The maximum atomic E-state index is 6.08. The molecule has 1 N–H and O–H groups in total. The minimum absolute atomic E-state index is 0.751. The van der Waals surface area contributed by atoms with Crippen LogP contribution in [0.3, 0.4) is 0 Å². The molecule has 0 amide bonds. The Morgan fingerprint density at radius 3 is 2.93 bits per heavy atom. The van der Waals surface area contributed by atoms with Crippen molar-refractivity contribution in [1.82, 2.24) is 29.5 Å². The zero-order chi connectivity index (χ0) is 19.2. The zero-order valence-corrected chi connectivity index (χ0v) is 17.3. The first-order valence-electron chi connectivity index (χ1n) is 9.72. The average Bonchev–Trinajstić information content (AvgIpc) is 3.07. The van der Waals surface area contributed by atoms with Gasteiger partial charge in [0.15, 0.2) is 5.96 Å². The molecule has 1 aliphatic heterocycles. The third kappa shape index (κ3) is 5.03. The van der Waals surface area contributed by atoms with Crippen LogP contribution in [0.25, 0.3) is 0 Å². The number of hydrogen-bond donors (Lipinski definition) is 1. The minimum atomic E-state index is 0.751. The fourth-order valence-electron chi connectivity index (χ4n) is 3.60. The number of nitrogens with zero attached hydrogens (tertiary/aromatic N) is 6. The van der Waals surface area contributed by atoms with Crippen molar-refractivity contribution >= 4 is 17.6 Å². The van der Waals surface area contributed by atoms with Crippen molar-refractivity contribution in [3.8, 4) is 0 Å². The second kappa shape index (κ2) is 9.26. The molecule has 8 heteroatoms. The molecule has 2 aromatic heterocycles. The van der Waals surface area contributed by atoms with Gasteiger partial charge in [0.25, 0.3) is 0 Å². The summed E-state index contributed by atoms with van der Waals surface area (Å²) in [6.45, 7) is 2.67. The van der Waals surface area contributed by atoms with E-state index in [1.165, 1.54) is 19.3 Å². The molecule has 0 unspecified atom stereocenters. The first kappa shape index (κ1) is 19.7. The molecule has 3 rings (SSSR count). The van der Waals surface area contributed by atoms with Gasteiger partial charge in [-0.25, -0.2) is 0 Å². The van der Waals surface area contributed by atoms with Gasteiger partial charge in [0, 0.05) is 59.0 Å². The van der Waals surface area contributed by atoms with Crippen LogP contribution in [-0.2, 0) is 33.0 Å². The summed E-state index contributed by atoms with van der Waals surface area (Å²) >= 11 is 6.08. The van der Waals surface area contributed by atoms with Crippen LogP contribution < -0.4 is 5.32 Å². The first-order chi connectivity index (χ1) is 13.1. The predicted octanol–water partition coefficient (Wildman–Crippen LogP) is 2.64. The average molecular weight is 392 g/mol. The summed E-state index contributed by atoms with van der Waals surface area (Å²) in [6, 6.07) is 1.99. The molecule has 2 aromatic rings. The molecule has 0 atom stereocenters. The van der Waals surface area contributed by atoms with E-state index in [1.807, 2.05) is 38.0 Å². The largest absolute Gasteiger partial charge is 0.356 e. The molecule has 0 saturated carbocycles. The monoisotopic (exact) mass is 391 g/mol. The number of nitrogens with one attached hydrogen (secondary N) is 1. The van der Waals surface area contributed by atoms with Gasteiger partial charge in [0.2, 0.25) is 0 Å². The zero-order valence-electron chi connectivity index (χ0n) is 16.6. The highest BCUT2D eigenvalue weighted by atomic mass is 35.5. The number of fused-ring (bicyclic) bond motifs is 1. The van der Waals surface area contributed by atoms with Crippen LogP contribution in [0, 0.1) is 0 Å². The van der Waals surface area contributed by atoms with Gasteiger partial charge in [-0.2, -0.15) is 0 Å². The van der Waals surface area contributed by atoms with Crippen molar-refractivity contribution in [2.45, 2.75) is 51.6 Å². The Hall–Kier alpha value is -2.02. The van der Waals surface area contributed by atoms with E-state index in [-0.39, 0.29) is 0 Å². The molecule has 0 bridgehead atoms. The Kier molecular flexibility index (Phi) is 6.77. The quantitative estimate of drug-likeness (QED) is 0.467. The lowest BCUT2D eigenvalue weighted by Gasteiger charge is -2.22. The van der Waals surface area contributed by atoms with Gasteiger partial charge in [0.05, 0.1) is 11.6 Å². The summed E-state index contributed by atoms with van der Waals surface area (Å²) in [7, 11) is 5.86. The number of rotatable bonds is 6. The number of aryl methyl sites for hydroxylation is 3. The van der Waals surface area contributed by atoms with Crippen molar-refractivity contribution in [2.75, 3.05) is 20.6 Å². The molecule has 0 aromatic carbocycles. The molecule has 0 radical (unpaired) electrons. The van der Waals surface area contributed by atoms with E-state index >= 15 is 0 Å². The molecule has 0 spiro atoms. The van der Waals surface area contributed by atoms with E-state index in [0.29, 0.717) is 0 Å². The number of aromatic nitrogens is 4. The number of halogens is 1. The van der Waals surface area contributed by atoms with Gasteiger partial charge in [0.1, 0.15) is 11.6 Å². The van der Waals surface area contributed by atoms with Gasteiger partial charge in [-0.15, -0.1) is 10.2 Å². The Balaban J connectivity index is 1.47. The smallest absolute Gasteiger partial charge is 0.193 e. The van der Waals surface area contributed by atoms with E-state index in [1.54, 1.807) is 0 Å². The number of aliphatic imine (C=N–C) groups is 1. The fourth-order valence-corrected chi connectivity index (χ4v) is 3.88. The van der Waals surface area contributed by atoms with E-state index in [9.17, 15) is 0 Å². The van der Waals surface area contributed by atoms with Crippen LogP contribution >= 0.6 is 11.6 Å². The lowest BCUT2D eigenvalue weighted by Crippen LogP contribution is -2.39. The summed E-state index contributed by atoms with van der Waals surface area (Å²) in [5.41, 5.74) is 1.15. The Labute approximate surface area is 166 Å². The molecule has 3 heterocycles. The van der Waals surface area contributed by atoms with Gasteiger partial charge in [-0.1, -0.05) is 18.0 Å². The third-order valence-electron chi connectivity index (χ3n) is 5.09. The summed E-state index contributed by atoms with van der Waals surface area (Å²) in [4.78, 5) is 6.50. The van der Waals surface area contributed by atoms with Crippen LogP contribution in [-0.4, -0.2) is 50.8 Å². The second-order valence-electron chi connectivity index (χ2n) is 7.19. The lowest BCUT2D eigenvalue weighted by molar-refractivity contribution is 0.460. The van der Waals surface area contributed by atoms with Crippen LogP contribution in [0.5, 0.6) is 0 Å². The van der Waals surface area contributed by atoms with Crippen molar-refractivity contribution in [3.05, 3.63) is 34.6 Å². The molecular formula is C19H30ClN7. The van der Waals surface area contributed by atoms with Gasteiger partial charge in [-0.05, 0) is 25.3 Å². The van der Waals surface area contributed by atoms with Crippen molar-refractivity contribution in [3.63, 3.8) is 0 Å². The van der Waals surface area contributed by atoms with Gasteiger partial charge >= 0.3 is 0 Å². The molecule has 148 valence electrons. The van der Waals surface area contributed by atoms with E-state index in [4.69, 9.17) is 11.6 Å². The Morgan fingerprint density at radius 2 is 2.19 bits per heavy atom. The van der Waals surface area contributed by atoms with Crippen molar-refractivity contribution in [2.24, 2.45) is 12.0 Å². The maximum Gasteiger partial charge on any atom is 0.193 e. The van der Waals surface area contributed by atoms with Crippen LogP contribution in [0.2, 0.25) is 5.02 Å². The molecular weight excluding hydrogens is 362 g/mol. The maximum absolute atomic E-state index is 6.08. The van der Waals surface area contributed by atoms with Crippen molar-refractivity contribution < 1.29 is 0 Å². The fraction of sp³-hybridized carbons (Fsp3) is 0.632. The second-order valence-corrected chi connectivity index (χ2v) is 7.63. The SMILES string of the molecule is CN=C(NCCCc1nnc2n1CCCCC2)N(C)Cc1cc(Cl)cn1C. The highest BCUT2D eigenvalue weighted by Gasteiger charge is 2.14. The summed E-state index contributed by atoms with van der Waals surface area (Å²) in [5, 5.41) is 13.0. The number of hydrogen-bond acceptors (Lipinski definition) is 3. The molecule has 0 aliphatic carbocycles. The molecule has 1 aliphatic rings. The molecule has 0 fully saturated rings. The normalized spacial score (nSPS) is 14.7. The minimum Gasteiger partial charge on any atom is -0.356 e. The van der Waals surface area contributed by atoms with Crippen LogP contribution in [0.15, 0.2) is 17.3 Å². The molecule has 7 nitrogen and oxygen atoms in total.